The molecule has 0 radical (unpaired) electrons. The molecule has 2 rings (SSSR count). The van der Waals surface area contributed by atoms with Gasteiger partial charge in [0.25, 0.3) is 0 Å². The van der Waals surface area contributed by atoms with Crippen LogP contribution in [0.4, 0.5) is 4.79 Å². The first-order chi connectivity index (χ1) is 5.25. The molecule has 0 unspecified atom stereocenters. The van der Waals surface area contributed by atoms with Gasteiger partial charge < -0.3 is 10.1 Å². The van der Waals surface area contributed by atoms with Crippen molar-refractivity contribution in [2.24, 2.45) is 5.92 Å². The maximum absolute atomic E-state index is 10.8. The van der Waals surface area contributed by atoms with Gasteiger partial charge in [-0.3, -0.25) is 0 Å². The average molecular weight is 155 g/mol. The average Bonchev–Trinajstić information content (AvgIpc) is 2.64. The Morgan fingerprint density at radius 1 is 1.45 bits per heavy atom. The van der Waals surface area contributed by atoms with Gasteiger partial charge in [-0.05, 0) is 12.3 Å². The number of hydrogen-bond donors (Lipinski definition) is 1. The Labute approximate surface area is 63.9 Å². The number of alkyl carbamates (subject to hydrolysis) is 1. The van der Waals surface area contributed by atoms with Gasteiger partial charge in [0.2, 0.25) is 0 Å². The first-order valence-corrected chi connectivity index (χ1v) is 3.78. The van der Waals surface area contributed by atoms with Crippen LogP contribution in [-0.4, -0.2) is 18.1 Å². The second-order valence-electron chi connectivity index (χ2n) is 3.08. The Hall–Kier alpha value is -1.06. The number of amides is 1. The van der Waals surface area contributed by atoms with E-state index in [0.29, 0.717) is 5.92 Å². The summed E-state index contributed by atoms with van der Waals surface area (Å²) in [5.41, 5.74) is 0. The maximum Gasteiger partial charge on any atom is 0.415 e. The van der Waals surface area contributed by atoms with Gasteiger partial charge in [-0.25, -0.2) is 9.59 Å². The van der Waals surface area contributed by atoms with Crippen LogP contribution in [0.3, 0.4) is 0 Å². The summed E-state index contributed by atoms with van der Waals surface area (Å²) in [4.78, 5) is 21.4. The minimum absolute atomic E-state index is 0.366. The lowest BCUT2D eigenvalue weighted by Crippen LogP contribution is -2.28. The third kappa shape index (κ3) is 1.34. The fraction of sp³-hybridized carbons (Fsp3) is 0.714. The highest BCUT2D eigenvalue weighted by Crippen LogP contribution is 2.34. The molecule has 1 saturated heterocycles. The second-order valence-corrected chi connectivity index (χ2v) is 3.08. The Morgan fingerprint density at radius 2 is 2.18 bits per heavy atom. The van der Waals surface area contributed by atoms with E-state index in [1.807, 2.05) is 0 Å². The van der Waals surface area contributed by atoms with Crippen LogP contribution in [0, 0.1) is 5.92 Å². The Morgan fingerprint density at radius 3 is 2.64 bits per heavy atom. The van der Waals surface area contributed by atoms with Gasteiger partial charge in [0.15, 0.2) is 0 Å². The predicted octanol–water partition coefficient (Wildman–Crippen LogP) is 0.421. The lowest BCUT2D eigenvalue weighted by atomic mass is 10.1. The zero-order valence-corrected chi connectivity index (χ0v) is 6.00. The smallest absolute Gasteiger partial charge is 0.375 e. The first kappa shape index (κ1) is 6.64. The highest BCUT2D eigenvalue weighted by atomic mass is 16.6. The van der Waals surface area contributed by atoms with Crippen LogP contribution in [-0.2, 0) is 9.53 Å². The molecule has 0 aromatic heterocycles. The van der Waals surface area contributed by atoms with Gasteiger partial charge in [0.1, 0.15) is 6.04 Å². The quantitative estimate of drug-likeness (QED) is 0.464. The minimum Gasteiger partial charge on any atom is -0.375 e. The number of nitrogens with one attached hydrogen (secondary N) is 1. The highest BCUT2D eigenvalue weighted by Gasteiger charge is 2.36. The molecule has 2 aliphatic rings. The van der Waals surface area contributed by atoms with Gasteiger partial charge in [-0.2, -0.15) is 0 Å². The Kier molecular flexibility index (Phi) is 1.34. The molecule has 0 aromatic carbocycles. The summed E-state index contributed by atoms with van der Waals surface area (Å²) < 4.78 is 4.31. The molecular weight excluding hydrogens is 146 g/mol. The van der Waals surface area contributed by atoms with Crippen LogP contribution in [0.25, 0.3) is 0 Å². The van der Waals surface area contributed by atoms with E-state index >= 15 is 0 Å². The van der Waals surface area contributed by atoms with Crippen LogP contribution in [0.15, 0.2) is 0 Å². The lowest BCUT2D eigenvalue weighted by Gasteiger charge is -2.01. The van der Waals surface area contributed by atoms with Gasteiger partial charge in [0.05, 0.1) is 0 Å². The topological polar surface area (TPSA) is 55.4 Å². The summed E-state index contributed by atoms with van der Waals surface area (Å²) in [7, 11) is 0. The molecule has 1 aliphatic heterocycles. The standard InChI is InChI=1S/C7H9NO3/c9-6-5(3-4-1-2-4)8-7(10)11-6/h4-5H,1-3H2,(H,8,10)/t5-/m1/s1. The van der Waals surface area contributed by atoms with Crippen molar-refractivity contribution in [1.29, 1.82) is 0 Å². The number of esters is 1. The van der Waals surface area contributed by atoms with E-state index in [9.17, 15) is 9.59 Å². The van der Waals surface area contributed by atoms with Crippen molar-refractivity contribution in [2.75, 3.05) is 0 Å². The zero-order chi connectivity index (χ0) is 7.84. The molecule has 0 bridgehead atoms. The molecule has 11 heavy (non-hydrogen) atoms. The molecule has 4 heteroatoms. The summed E-state index contributed by atoms with van der Waals surface area (Å²) in [6.07, 6.45) is 2.52. The molecule has 1 aliphatic carbocycles. The molecule has 1 heterocycles. The third-order valence-corrected chi connectivity index (χ3v) is 2.04. The third-order valence-electron chi connectivity index (χ3n) is 2.04. The van der Waals surface area contributed by atoms with Crippen molar-refractivity contribution in [3.8, 4) is 0 Å². The highest BCUT2D eigenvalue weighted by molar-refractivity contribution is 5.95. The summed E-state index contributed by atoms with van der Waals surface area (Å²) in [5.74, 6) is 0.216. The predicted molar refractivity (Wildman–Crippen MR) is 35.8 cm³/mol. The van der Waals surface area contributed by atoms with Crippen LogP contribution >= 0.6 is 0 Å². The molecule has 0 spiro atoms. The lowest BCUT2D eigenvalue weighted by molar-refractivity contribution is -0.135. The normalized spacial score (nSPS) is 30.0. The summed E-state index contributed by atoms with van der Waals surface area (Å²) in [6.45, 7) is 0. The monoisotopic (exact) mass is 155 g/mol. The number of cyclic esters (lactones) is 2. The van der Waals surface area contributed by atoms with Crippen molar-refractivity contribution in [1.82, 2.24) is 5.32 Å². The van der Waals surface area contributed by atoms with E-state index in [2.05, 4.69) is 10.1 Å². The van der Waals surface area contributed by atoms with Gasteiger partial charge >= 0.3 is 12.1 Å². The number of carbonyl (C=O) groups is 2. The molecule has 1 N–H and O–H groups in total. The second kappa shape index (κ2) is 2.22. The van der Waals surface area contributed by atoms with Crippen LogP contribution in [0.1, 0.15) is 19.3 Å². The molecular formula is C7H9NO3. The van der Waals surface area contributed by atoms with E-state index in [0.717, 1.165) is 6.42 Å². The van der Waals surface area contributed by atoms with Crippen molar-refractivity contribution in [2.45, 2.75) is 25.3 Å². The molecule has 1 atom stereocenters. The summed E-state index contributed by atoms with van der Waals surface area (Å²) >= 11 is 0. The van der Waals surface area contributed by atoms with Crippen molar-refractivity contribution >= 4 is 12.1 Å². The van der Waals surface area contributed by atoms with Crippen LogP contribution in [0.5, 0.6) is 0 Å². The van der Waals surface area contributed by atoms with E-state index < -0.39 is 12.1 Å². The Bertz CT molecular complexity index is 210. The van der Waals surface area contributed by atoms with Gasteiger partial charge in [-0.1, -0.05) is 12.8 Å². The minimum atomic E-state index is -0.597. The van der Waals surface area contributed by atoms with Crippen molar-refractivity contribution < 1.29 is 14.3 Å². The molecule has 0 aromatic rings. The van der Waals surface area contributed by atoms with Crippen molar-refractivity contribution in [3.63, 3.8) is 0 Å². The largest absolute Gasteiger partial charge is 0.415 e. The van der Waals surface area contributed by atoms with Gasteiger partial charge in [-0.15, -0.1) is 0 Å². The number of carbonyl (C=O) groups excluding carboxylic acids is 2. The van der Waals surface area contributed by atoms with Crippen molar-refractivity contribution in [3.05, 3.63) is 0 Å². The zero-order valence-electron chi connectivity index (χ0n) is 6.00. The summed E-state index contributed by atoms with van der Waals surface area (Å²) in [6, 6.07) is -0.366. The number of hydrogen-bond acceptors (Lipinski definition) is 3. The molecule has 2 fully saturated rings. The van der Waals surface area contributed by atoms with E-state index in [1.165, 1.54) is 12.8 Å². The first-order valence-electron chi connectivity index (χ1n) is 3.78. The number of rotatable bonds is 2. The maximum atomic E-state index is 10.8. The SMILES string of the molecule is O=C1N[C@H](CC2CC2)C(=O)O1. The number of ether oxygens (including phenoxy) is 1. The molecule has 4 nitrogen and oxygen atoms in total. The fourth-order valence-corrected chi connectivity index (χ4v) is 1.24. The Balaban J connectivity index is 1.91. The molecule has 60 valence electrons. The fourth-order valence-electron chi connectivity index (χ4n) is 1.24. The van der Waals surface area contributed by atoms with Gasteiger partial charge in [0, 0.05) is 0 Å². The summed E-state index contributed by atoms with van der Waals surface area (Å²) in [5, 5.41) is 2.46. The van der Waals surface area contributed by atoms with Crippen LogP contribution in [0.2, 0.25) is 0 Å². The van der Waals surface area contributed by atoms with E-state index in [-0.39, 0.29) is 6.04 Å². The molecule has 1 amide bonds. The molecule has 1 saturated carbocycles. The van der Waals surface area contributed by atoms with E-state index in [4.69, 9.17) is 0 Å². The van der Waals surface area contributed by atoms with Crippen LogP contribution < -0.4 is 5.32 Å². The van der Waals surface area contributed by atoms with E-state index in [1.54, 1.807) is 0 Å².